The molecule has 2 aromatic heterocycles. The zero-order valence-corrected chi connectivity index (χ0v) is 10.8. The number of aromatic amines is 1. The topological polar surface area (TPSA) is 75.7 Å². The predicted molar refractivity (Wildman–Crippen MR) is 69.1 cm³/mol. The van der Waals surface area contributed by atoms with Gasteiger partial charge in [-0.1, -0.05) is 12.1 Å². The molecule has 0 fully saturated rings. The largest absolute Gasteiger partial charge is 0.282 e. The second-order valence-electron chi connectivity index (χ2n) is 3.79. The maximum atomic E-state index is 12.2. The number of aromatic nitrogens is 3. The molecule has 18 heavy (non-hydrogen) atoms. The molecule has 92 valence electrons. The number of hydrogen-bond acceptors (Lipinski definition) is 5. The second-order valence-corrected chi connectivity index (χ2v) is 6.98. The Labute approximate surface area is 107 Å². The first-order valence-electron chi connectivity index (χ1n) is 5.22. The highest BCUT2D eigenvalue weighted by molar-refractivity contribution is 7.92. The molecule has 0 unspecified atom stereocenters. The number of rotatable bonds is 3. The van der Waals surface area contributed by atoms with E-state index in [1.807, 2.05) is 18.2 Å². The minimum atomic E-state index is -3.41. The third kappa shape index (κ3) is 2.02. The molecule has 0 bridgehead atoms. The molecule has 3 rings (SSSR count). The van der Waals surface area contributed by atoms with E-state index in [4.69, 9.17) is 0 Å². The third-order valence-electron chi connectivity index (χ3n) is 2.44. The number of fused-ring (bicyclic) bond motifs is 1. The van der Waals surface area contributed by atoms with Gasteiger partial charge in [0.25, 0.3) is 0 Å². The minimum absolute atomic E-state index is 0.104. The van der Waals surface area contributed by atoms with Gasteiger partial charge in [0.05, 0.1) is 21.7 Å². The highest BCUT2D eigenvalue weighted by Gasteiger charge is 2.20. The molecule has 2 heterocycles. The number of hydrogen-bond donors (Lipinski definition) is 1. The van der Waals surface area contributed by atoms with Crippen LogP contribution in [0.25, 0.3) is 10.2 Å². The van der Waals surface area contributed by atoms with Crippen LogP contribution in [0.5, 0.6) is 0 Å². The first kappa shape index (κ1) is 11.4. The van der Waals surface area contributed by atoms with Gasteiger partial charge in [-0.2, -0.15) is 5.10 Å². The molecule has 5 nitrogen and oxygen atoms in total. The smallest absolute Gasteiger partial charge is 0.211 e. The number of thiazole rings is 1. The third-order valence-corrected chi connectivity index (χ3v) is 5.60. The van der Waals surface area contributed by atoms with Crippen molar-refractivity contribution in [3.05, 3.63) is 42.2 Å². The fourth-order valence-corrected chi connectivity index (χ4v) is 4.20. The molecule has 1 aromatic carbocycles. The number of nitrogens with one attached hydrogen (secondary N) is 1. The van der Waals surface area contributed by atoms with Gasteiger partial charge in [0.2, 0.25) is 14.2 Å². The van der Waals surface area contributed by atoms with E-state index < -0.39 is 9.84 Å². The Kier molecular flexibility index (Phi) is 2.64. The molecule has 7 heteroatoms. The first-order valence-corrected chi connectivity index (χ1v) is 7.69. The van der Waals surface area contributed by atoms with Gasteiger partial charge in [-0.25, -0.2) is 13.4 Å². The summed E-state index contributed by atoms with van der Waals surface area (Å²) in [4.78, 5) is 4.16. The van der Waals surface area contributed by atoms with Crippen molar-refractivity contribution in [2.45, 2.75) is 10.1 Å². The summed E-state index contributed by atoms with van der Waals surface area (Å²) in [6, 6.07) is 9.02. The standard InChI is InChI=1S/C11H9N3O2S2/c15-18(16,7-8-5-6-12-14-8)11-13-9-3-1-2-4-10(9)17-11/h1-6H,7H2,(H,12,14). The van der Waals surface area contributed by atoms with Crippen molar-refractivity contribution in [1.29, 1.82) is 0 Å². The molecular weight excluding hydrogens is 270 g/mol. The number of H-pyrrole nitrogens is 1. The van der Waals surface area contributed by atoms with Crippen molar-refractivity contribution in [3.8, 4) is 0 Å². The lowest BCUT2D eigenvalue weighted by atomic mass is 10.3. The van der Waals surface area contributed by atoms with Gasteiger partial charge in [0.15, 0.2) is 0 Å². The van der Waals surface area contributed by atoms with Crippen LogP contribution < -0.4 is 0 Å². The van der Waals surface area contributed by atoms with Crippen LogP contribution in [0.2, 0.25) is 0 Å². The van der Waals surface area contributed by atoms with Crippen molar-refractivity contribution in [2.24, 2.45) is 0 Å². The molecule has 0 saturated heterocycles. The number of para-hydroxylation sites is 1. The highest BCUT2D eigenvalue weighted by atomic mass is 32.2. The van der Waals surface area contributed by atoms with Gasteiger partial charge < -0.3 is 0 Å². The van der Waals surface area contributed by atoms with E-state index in [0.717, 1.165) is 4.70 Å². The Morgan fingerprint density at radius 1 is 1.22 bits per heavy atom. The Morgan fingerprint density at radius 2 is 2.06 bits per heavy atom. The Balaban J connectivity index is 2.02. The summed E-state index contributed by atoms with van der Waals surface area (Å²) in [5.41, 5.74) is 1.28. The Morgan fingerprint density at radius 3 is 2.78 bits per heavy atom. The maximum Gasteiger partial charge on any atom is 0.211 e. The van der Waals surface area contributed by atoms with Gasteiger partial charge in [-0.15, -0.1) is 11.3 Å². The van der Waals surface area contributed by atoms with Crippen molar-refractivity contribution in [2.75, 3.05) is 0 Å². The van der Waals surface area contributed by atoms with Crippen molar-refractivity contribution in [1.82, 2.24) is 15.2 Å². The summed E-state index contributed by atoms with van der Waals surface area (Å²) >= 11 is 1.19. The maximum absolute atomic E-state index is 12.2. The fourth-order valence-electron chi connectivity index (χ4n) is 1.62. The van der Waals surface area contributed by atoms with E-state index in [-0.39, 0.29) is 10.1 Å². The lowest BCUT2D eigenvalue weighted by Crippen LogP contribution is -2.04. The van der Waals surface area contributed by atoms with Crippen LogP contribution in [0.4, 0.5) is 0 Å². The lowest BCUT2D eigenvalue weighted by Gasteiger charge is -1.96. The van der Waals surface area contributed by atoms with Crippen LogP contribution in [-0.4, -0.2) is 23.6 Å². The van der Waals surface area contributed by atoms with E-state index in [2.05, 4.69) is 15.2 Å². The summed E-state index contributed by atoms with van der Waals surface area (Å²) in [5, 5.41) is 6.38. The van der Waals surface area contributed by atoms with Crippen LogP contribution >= 0.6 is 11.3 Å². The zero-order chi connectivity index (χ0) is 12.6. The predicted octanol–water partition coefficient (Wildman–Crippen LogP) is 1.99. The molecule has 0 aliphatic rings. The summed E-state index contributed by atoms with van der Waals surface area (Å²) in [6.45, 7) is 0. The van der Waals surface area contributed by atoms with Crippen molar-refractivity contribution < 1.29 is 8.42 Å². The van der Waals surface area contributed by atoms with Gasteiger partial charge in [-0.05, 0) is 18.2 Å². The molecule has 3 aromatic rings. The SMILES string of the molecule is O=S(=O)(Cc1ccn[nH]1)c1nc2ccccc2s1. The summed E-state index contributed by atoms with van der Waals surface area (Å²) in [6.07, 6.45) is 1.53. The van der Waals surface area contributed by atoms with E-state index in [9.17, 15) is 8.42 Å². The fraction of sp³-hybridized carbons (Fsp3) is 0.0909. The van der Waals surface area contributed by atoms with Gasteiger partial charge in [-0.3, -0.25) is 5.10 Å². The quantitative estimate of drug-likeness (QED) is 0.795. The van der Waals surface area contributed by atoms with Gasteiger partial charge >= 0.3 is 0 Å². The van der Waals surface area contributed by atoms with Crippen LogP contribution in [0.3, 0.4) is 0 Å². The van der Waals surface area contributed by atoms with E-state index in [1.165, 1.54) is 17.5 Å². The second kappa shape index (κ2) is 4.18. The molecule has 0 atom stereocenters. The van der Waals surface area contributed by atoms with Crippen molar-refractivity contribution in [3.63, 3.8) is 0 Å². The molecule has 0 radical (unpaired) electrons. The van der Waals surface area contributed by atoms with Crippen LogP contribution in [0, 0.1) is 0 Å². The highest BCUT2D eigenvalue weighted by Crippen LogP contribution is 2.26. The molecule has 0 aliphatic heterocycles. The first-order chi connectivity index (χ1) is 8.65. The van der Waals surface area contributed by atoms with Crippen LogP contribution in [-0.2, 0) is 15.6 Å². The van der Waals surface area contributed by atoms with Crippen LogP contribution in [0.1, 0.15) is 5.69 Å². The van der Waals surface area contributed by atoms with Gasteiger partial charge in [0.1, 0.15) is 0 Å². The minimum Gasteiger partial charge on any atom is -0.282 e. The number of nitrogens with zero attached hydrogens (tertiary/aromatic N) is 2. The summed E-state index contributed by atoms with van der Waals surface area (Å²) in [5.74, 6) is -0.104. The molecule has 0 spiro atoms. The van der Waals surface area contributed by atoms with E-state index in [0.29, 0.717) is 11.2 Å². The number of benzene rings is 1. The Hall–Kier alpha value is -1.73. The van der Waals surface area contributed by atoms with Crippen LogP contribution in [0.15, 0.2) is 40.9 Å². The normalized spacial score (nSPS) is 12.0. The average Bonchev–Trinajstić information content (AvgIpc) is 2.96. The molecule has 0 saturated carbocycles. The monoisotopic (exact) mass is 279 g/mol. The molecular formula is C11H9N3O2S2. The molecule has 1 N–H and O–H groups in total. The summed E-state index contributed by atoms with van der Waals surface area (Å²) in [7, 11) is -3.41. The lowest BCUT2D eigenvalue weighted by molar-refractivity contribution is 0.594. The molecule has 0 aliphatic carbocycles. The molecule has 0 amide bonds. The zero-order valence-electron chi connectivity index (χ0n) is 9.20. The average molecular weight is 279 g/mol. The Bertz CT molecular complexity index is 743. The van der Waals surface area contributed by atoms with Gasteiger partial charge in [0, 0.05) is 6.20 Å². The van der Waals surface area contributed by atoms with Crippen molar-refractivity contribution >= 4 is 31.4 Å². The number of sulfone groups is 1. The van der Waals surface area contributed by atoms with E-state index >= 15 is 0 Å². The summed E-state index contributed by atoms with van der Waals surface area (Å²) < 4.78 is 25.4. The van der Waals surface area contributed by atoms with E-state index in [1.54, 1.807) is 12.1 Å².